The number of nitrogens with one attached hydrogen (secondary N) is 1. The van der Waals surface area contributed by atoms with Crippen molar-refractivity contribution in [1.82, 2.24) is 4.98 Å². The van der Waals surface area contributed by atoms with Crippen molar-refractivity contribution >= 4 is 22.6 Å². The highest BCUT2D eigenvalue weighted by molar-refractivity contribution is 5.83. The maximum atomic E-state index is 7.71. The Morgan fingerprint density at radius 2 is 1.90 bits per heavy atom. The van der Waals surface area contributed by atoms with Gasteiger partial charge in [-0.25, -0.2) is 4.98 Å². The molecule has 1 fully saturated rings. The number of hydrogen-bond acceptors (Lipinski definition) is 3. The Morgan fingerprint density at radius 1 is 1.20 bits per heavy atom. The number of nitrogens with two attached hydrogens (primary N) is 1. The molecule has 3 N–H and O–H groups in total. The first-order chi connectivity index (χ1) is 9.58. The minimum atomic E-state index is -0.145. The number of pyridine rings is 1. The summed E-state index contributed by atoms with van der Waals surface area (Å²) in [7, 11) is 0. The van der Waals surface area contributed by atoms with Crippen LogP contribution in [0.3, 0.4) is 0 Å². The molecule has 4 nitrogen and oxygen atoms in total. The van der Waals surface area contributed by atoms with Gasteiger partial charge in [0, 0.05) is 23.9 Å². The van der Waals surface area contributed by atoms with E-state index in [1.165, 1.54) is 5.39 Å². The van der Waals surface area contributed by atoms with Crippen molar-refractivity contribution in [3.8, 4) is 0 Å². The number of amidine groups is 1. The van der Waals surface area contributed by atoms with Crippen LogP contribution in [0.2, 0.25) is 0 Å². The van der Waals surface area contributed by atoms with E-state index in [1.54, 1.807) is 0 Å². The summed E-state index contributed by atoms with van der Waals surface area (Å²) in [4.78, 5) is 7.02. The number of aromatic nitrogens is 1. The Morgan fingerprint density at radius 3 is 2.60 bits per heavy atom. The Balaban J connectivity index is 1.81. The van der Waals surface area contributed by atoms with E-state index in [-0.39, 0.29) is 5.41 Å². The molecule has 0 unspecified atom stereocenters. The molecule has 0 saturated carbocycles. The van der Waals surface area contributed by atoms with Gasteiger partial charge in [0.25, 0.3) is 0 Å². The van der Waals surface area contributed by atoms with E-state index in [9.17, 15) is 0 Å². The van der Waals surface area contributed by atoms with Gasteiger partial charge in [-0.2, -0.15) is 0 Å². The van der Waals surface area contributed by atoms with Gasteiger partial charge < -0.3 is 10.6 Å². The second-order valence-electron chi connectivity index (χ2n) is 5.82. The number of hydrogen-bond donors (Lipinski definition) is 2. The predicted molar refractivity (Wildman–Crippen MR) is 83.2 cm³/mol. The molecular weight excluding hydrogens is 248 g/mol. The summed E-state index contributed by atoms with van der Waals surface area (Å²) < 4.78 is 0. The highest BCUT2D eigenvalue weighted by Crippen LogP contribution is 2.32. The molecular formula is C16H20N4. The number of nitrogens with zero attached hydrogens (tertiary/aromatic N) is 2. The summed E-state index contributed by atoms with van der Waals surface area (Å²) in [6, 6.07) is 12.4. The van der Waals surface area contributed by atoms with Crippen molar-refractivity contribution in [2.24, 2.45) is 11.1 Å². The van der Waals surface area contributed by atoms with E-state index in [0.717, 1.165) is 37.3 Å². The topological polar surface area (TPSA) is 66.0 Å². The number of benzene rings is 1. The Kier molecular flexibility index (Phi) is 3.08. The summed E-state index contributed by atoms with van der Waals surface area (Å²) in [6.07, 6.45) is 1.83. The third kappa shape index (κ3) is 2.22. The van der Waals surface area contributed by atoms with Crippen molar-refractivity contribution in [3.63, 3.8) is 0 Å². The molecule has 20 heavy (non-hydrogen) atoms. The first kappa shape index (κ1) is 12.9. The van der Waals surface area contributed by atoms with Crippen molar-refractivity contribution in [3.05, 3.63) is 36.4 Å². The zero-order valence-corrected chi connectivity index (χ0v) is 11.8. The van der Waals surface area contributed by atoms with Gasteiger partial charge in [0.05, 0.1) is 11.4 Å². The lowest BCUT2D eigenvalue weighted by Crippen LogP contribution is -2.45. The van der Waals surface area contributed by atoms with Crippen LogP contribution in [0.25, 0.3) is 10.9 Å². The van der Waals surface area contributed by atoms with Crippen molar-refractivity contribution in [2.45, 2.75) is 19.8 Å². The van der Waals surface area contributed by atoms with Crippen LogP contribution in [0.5, 0.6) is 0 Å². The van der Waals surface area contributed by atoms with Crippen molar-refractivity contribution in [2.75, 3.05) is 18.0 Å². The molecule has 1 saturated heterocycles. The van der Waals surface area contributed by atoms with E-state index in [2.05, 4.69) is 30.0 Å². The van der Waals surface area contributed by atoms with E-state index >= 15 is 0 Å². The lowest BCUT2D eigenvalue weighted by Gasteiger charge is -2.39. The number of anilines is 1. The average molecular weight is 268 g/mol. The quantitative estimate of drug-likeness (QED) is 0.650. The monoisotopic (exact) mass is 268 g/mol. The van der Waals surface area contributed by atoms with Gasteiger partial charge in [-0.15, -0.1) is 0 Å². The highest BCUT2D eigenvalue weighted by atomic mass is 15.2. The second kappa shape index (κ2) is 4.78. The fourth-order valence-corrected chi connectivity index (χ4v) is 2.73. The van der Waals surface area contributed by atoms with Crippen LogP contribution in [-0.4, -0.2) is 23.9 Å². The Labute approximate surface area is 119 Å². The first-order valence-electron chi connectivity index (χ1n) is 7.04. The van der Waals surface area contributed by atoms with Crippen LogP contribution in [-0.2, 0) is 0 Å². The average Bonchev–Trinajstić information content (AvgIpc) is 2.47. The lowest BCUT2D eigenvalue weighted by atomic mass is 9.79. The third-order valence-corrected chi connectivity index (χ3v) is 4.42. The molecule has 0 aliphatic carbocycles. The number of para-hydroxylation sites is 1. The fraction of sp³-hybridized carbons (Fsp3) is 0.375. The smallest absolute Gasteiger partial charge is 0.129 e. The van der Waals surface area contributed by atoms with Crippen LogP contribution >= 0.6 is 0 Å². The number of piperidine rings is 1. The maximum Gasteiger partial charge on any atom is 0.129 e. The van der Waals surface area contributed by atoms with Gasteiger partial charge in [0.15, 0.2) is 0 Å². The van der Waals surface area contributed by atoms with Crippen LogP contribution in [0.1, 0.15) is 19.8 Å². The molecule has 0 atom stereocenters. The van der Waals surface area contributed by atoms with Gasteiger partial charge in [0.1, 0.15) is 5.82 Å². The Bertz CT molecular complexity index is 642. The van der Waals surface area contributed by atoms with Gasteiger partial charge in [-0.1, -0.05) is 25.1 Å². The molecule has 104 valence electrons. The molecule has 1 aliphatic heterocycles. The maximum absolute atomic E-state index is 7.71. The molecule has 0 amide bonds. The van der Waals surface area contributed by atoms with E-state index < -0.39 is 0 Å². The lowest BCUT2D eigenvalue weighted by molar-refractivity contribution is 0.350. The molecule has 3 rings (SSSR count). The van der Waals surface area contributed by atoms with Crippen LogP contribution < -0.4 is 10.6 Å². The van der Waals surface area contributed by atoms with Gasteiger partial charge in [-0.05, 0) is 31.0 Å². The van der Waals surface area contributed by atoms with Crippen LogP contribution in [0.15, 0.2) is 36.4 Å². The molecule has 1 aromatic carbocycles. The summed E-state index contributed by atoms with van der Waals surface area (Å²) >= 11 is 0. The molecule has 4 heteroatoms. The molecule has 0 radical (unpaired) electrons. The third-order valence-electron chi connectivity index (χ3n) is 4.42. The molecule has 2 heterocycles. The SMILES string of the molecule is CC1(C(=N)N)CCN(c2ccc3ccccc3n2)CC1. The minimum Gasteiger partial charge on any atom is -0.387 e. The van der Waals surface area contributed by atoms with Gasteiger partial charge >= 0.3 is 0 Å². The first-order valence-corrected chi connectivity index (χ1v) is 7.04. The van der Waals surface area contributed by atoms with Crippen LogP contribution in [0.4, 0.5) is 5.82 Å². The number of fused-ring (bicyclic) bond motifs is 1. The zero-order valence-electron chi connectivity index (χ0n) is 11.8. The van der Waals surface area contributed by atoms with E-state index in [4.69, 9.17) is 16.1 Å². The van der Waals surface area contributed by atoms with Gasteiger partial charge in [-0.3, -0.25) is 5.41 Å². The highest BCUT2D eigenvalue weighted by Gasteiger charge is 2.33. The molecule has 2 aromatic rings. The summed E-state index contributed by atoms with van der Waals surface area (Å²) in [5, 5.41) is 8.88. The molecule has 0 bridgehead atoms. The van der Waals surface area contributed by atoms with Crippen LogP contribution in [0, 0.1) is 10.8 Å². The zero-order chi connectivity index (χ0) is 14.2. The van der Waals surface area contributed by atoms with E-state index in [0.29, 0.717) is 5.84 Å². The minimum absolute atomic E-state index is 0.145. The predicted octanol–water partition coefficient (Wildman–Crippen LogP) is 2.78. The Hall–Kier alpha value is -2.10. The molecule has 1 aliphatic rings. The summed E-state index contributed by atoms with van der Waals surface area (Å²) in [6.45, 7) is 3.89. The van der Waals surface area contributed by atoms with Crippen molar-refractivity contribution < 1.29 is 0 Å². The van der Waals surface area contributed by atoms with Gasteiger partial charge in [0.2, 0.25) is 0 Å². The fourth-order valence-electron chi connectivity index (χ4n) is 2.73. The van der Waals surface area contributed by atoms with E-state index in [1.807, 2.05) is 18.2 Å². The summed E-state index contributed by atoms with van der Waals surface area (Å²) in [5.74, 6) is 1.33. The molecule has 1 aromatic heterocycles. The molecule has 0 spiro atoms. The normalized spacial score (nSPS) is 18.1. The standard InChI is InChI=1S/C16H20N4/c1-16(15(17)18)8-10-20(11-9-16)14-7-6-12-4-2-3-5-13(12)19-14/h2-7H,8-11H2,1H3,(H3,17,18). The largest absolute Gasteiger partial charge is 0.387 e. The van der Waals surface area contributed by atoms with Crippen molar-refractivity contribution in [1.29, 1.82) is 5.41 Å². The second-order valence-corrected chi connectivity index (χ2v) is 5.82. The number of rotatable bonds is 2. The summed E-state index contributed by atoms with van der Waals surface area (Å²) in [5.41, 5.74) is 6.60.